The van der Waals surface area contributed by atoms with Crippen LogP contribution >= 0.6 is 23.2 Å². The summed E-state index contributed by atoms with van der Waals surface area (Å²) in [6, 6.07) is 12.9. The summed E-state index contributed by atoms with van der Waals surface area (Å²) in [5.74, 6) is -0.521. The van der Waals surface area contributed by atoms with E-state index in [-0.39, 0.29) is 12.2 Å². The number of carbonyl (C=O) groups excluding carboxylic acids is 1. The van der Waals surface area contributed by atoms with E-state index in [0.717, 1.165) is 16.8 Å². The molecule has 0 saturated carbocycles. The first kappa shape index (κ1) is 16.9. The molecular weight excluding hydrogens is 371 g/mol. The van der Waals surface area contributed by atoms with Crippen molar-refractivity contribution in [3.05, 3.63) is 75.0 Å². The van der Waals surface area contributed by atoms with E-state index < -0.39 is 5.91 Å². The summed E-state index contributed by atoms with van der Waals surface area (Å²) < 4.78 is 0. The monoisotopic (exact) mass is 386 g/mol. The van der Waals surface area contributed by atoms with Gasteiger partial charge in [-0.3, -0.25) is 9.79 Å². The lowest BCUT2D eigenvalue weighted by molar-refractivity contribution is -0.114. The van der Waals surface area contributed by atoms with Gasteiger partial charge in [0.1, 0.15) is 17.9 Å². The van der Waals surface area contributed by atoms with E-state index in [1.165, 1.54) is 0 Å². The van der Waals surface area contributed by atoms with Gasteiger partial charge in [-0.2, -0.15) is 0 Å². The number of fused-ring (bicyclic) bond motifs is 3. The highest BCUT2D eigenvalue weighted by molar-refractivity contribution is 6.31. The molecule has 3 N–H and O–H groups in total. The average molecular weight is 387 g/mol. The number of halogens is 2. The first-order chi connectivity index (χ1) is 12.5. The van der Waals surface area contributed by atoms with Gasteiger partial charge in [0.05, 0.1) is 5.70 Å². The Morgan fingerprint density at radius 3 is 2.69 bits per heavy atom. The molecule has 7 heteroatoms. The number of rotatable bonds is 2. The molecular formula is C19H16Cl2N4O. The quantitative estimate of drug-likeness (QED) is 0.827. The lowest BCUT2D eigenvalue weighted by atomic mass is 9.97. The van der Waals surface area contributed by atoms with Gasteiger partial charge in [0.25, 0.3) is 5.91 Å². The summed E-state index contributed by atoms with van der Waals surface area (Å²) >= 11 is 12.7. The van der Waals surface area contributed by atoms with Crippen molar-refractivity contribution in [3.63, 3.8) is 0 Å². The summed E-state index contributed by atoms with van der Waals surface area (Å²) in [5, 5.41) is 4.36. The van der Waals surface area contributed by atoms with E-state index in [9.17, 15) is 4.79 Å². The van der Waals surface area contributed by atoms with Crippen LogP contribution in [0, 0.1) is 0 Å². The summed E-state index contributed by atoms with van der Waals surface area (Å²) in [6.45, 7) is 1.96. The van der Waals surface area contributed by atoms with Crippen LogP contribution in [0.5, 0.6) is 0 Å². The summed E-state index contributed by atoms with van der Waals surface area (Å²) in [6.07, 6.45) is 1.53. The smallest absolute Gasteiger partial charge is 0.267 e. The lowest BCUT2D eigenvalue weighted by Crippen LogP contribution is -2.36. The number of allylic oxidation sites excluding steroid dienone is 1. The third-order valence-corrected chi connectivity index (χ3v) is 5.17. The first-order valence-electron chi connectivity index (χ1n) is 8.14. The van der Waals surface area contributed by atoms with Crippen molar-refractivity contribution in [2.45, 2.75) is 19.1 Å². The number of primary amides is 1. The predicted octanol–water partition coefficient (Wildman–Crippen LogP) is 3.62. The van der Waals surface area contributed by atoms with Gasteiger partial charge < -0.3 is 16.0 Å². The van der Waals surface area contributed by atoms with Gasteiger partial charge in [0, 0.05) is 27.5 Å². The van der Waals surface area contributed by atoms with Crippen LogP contribution in [0.4, 0.5) is 5.69 Å². The van der Waals surface area contributed by atoms with E-state index in [2.05, 4.69) is 5.32 Å². The third-order valence-electron chi connectivity index (χ3n) is 4.59. The van der Waals surface area contributed by atoms with E-state index in [4.69, 9.17) is 33.9 Å². The van der Waals surface area contributed by atoms with Crippen LogP contribution < -0.4 is 16.0 Å². The molecule has 5 nitrogen and oxygen atoms in total. The van der Waals surface area contributed by atoms with Gasteiger partial charge >= 0.3 is 0 Å². The van der Waals surface area contributed by atoms with Gasteiger partial charge in [0.2, 0.25) is 0 Å². The van der Waals surface area contributed by atoms with Crippen molar-refractivity contribution in [2.24, 2.45) is 10.7 Å². The highest BCUT2D eigenvalue weighted by Crippen LogP contribution is 2.42. The van der Waals surface area contributed by atoms with Gasteiger partial charge in [-0.25, -0.2) is 0 Å². The molecule has 26 heavy (non-hydrogen) atoms. The van der Waals surface area contributed by atoms with Gasteiger partial charge in [-0.05, 0) is 36.8 Å². The lowest BCUT2D eigenvalue weighted by Gasteiger charge is -2.27. The fourth-order valence-electron chi connectivity index (χ4n) is 3.47. The molecule has 2 unspecified atom stereocenters. The first-order valence-corrected chi connectivity index (χ1v) is 8.90. The SMILES string of the molecule is CC1NC(C(N)=O)=C2C=NC(c3ccccc3Cl)c3cc(Cl)ccc3N21. The summed E-state index contributed by atoms with van der Waals surface area (Å²) in [4.78, 5) is 18.6. The van der Waals surface area contributed by atoms with Crippen molar-refractivity contribution in [3.8, 4) is 0 Å². The molecule has 0 radical (unpaired) electrons. The normalized spacial score (nSPS) is 21.1. The van der Waals surface area contributed by atoms with Crippen molar-refractivity contribution in [2.75, 3.05) is 4.90 Å². The number of nitrogens with one attached hydrogen (secondary N) is 1. The van der Waals surface area contributed by atoms with E-state index >= 15 is 0 Å². The number of hydrogen-bond acceptors (Lipinski definition) is 4. The molecule has 132 valence electrons. The molecule has 0 fully saturated rings. The Morgan fingerprint density at radius 1 is 1.19 bits per heavy atom. The molecule has 4 rings (SSSR count). The Balaban J connectivity index is 1.98. The number of carbonyl (C=O) groups is 1. The minimum atomic E-state index is -0.521. The second kappa shape index (κ2) is 6.34. The fraction of sp³-hybridized carbons (Fsp3) is 0.158. The molecule has 2 aliphatic heterocycles. The Labute approximate surface area is 161 Å². The standard InChI is InChI=1S/C19H16Cl2N4O/c1-10-24-18(19(22)26)16-9-23-17(12-4-2-3-5-14(12)21)13-8-11(20)6-7-15(13)25(10)16/h2-10,17,24H,1H3,(H2,22,26). The van der Waals surface area contributed by atoms with Crippen molar-refractivity contribution in [1.82, 2.24) is 5.32 Å². The molecule has 0 bridgehead atoms. The van der Waals surface area contributed by atoms with Gasteiger partial charge in [-0.1, -0.05) is 41.4 Å². The van der Waals surface area contributed by atoms with Crippen LogP contribution in [-0.2, 0) is 4.79 Å². The number of aliphatic imine (C=N–C) groups is 1. The fourth-order valence-corrected chi connectivity index (χ4v) is 3.89. The molecule has 2 aromatic carbocycles. The molecule has 0 aliphatic carbocycles. The van der Waals surface area contributed by atoms with Crippen molar-refractivity contribution < 1.29 is 4.79 Å². The molecule has 1 amide bonds. The van der Waals surface area contributed by atoms with E-state index in [1.807, 2.05) is 54.3 Å². The molecule has 2 aromatic rings. The van der Waals surface area contributed by atoms with Crippen molar-refractivity contribution >= 4 is 41.0 Å². The van der Waals surface area contributed by atoms with Gasteiger partial charge in [0.15, 0.2) is 0 Å². The summed E-state index contributed by atoms with van der Waals surface area (Å²) in [7, 11) is 0. The molecule has 2 heterocycles. The summed E-state index contributed by atoms with van der Waals surface area (Å²) in [5.41, 5.74) is 9.22. The zero-order chi connectivity index (χ0) is 18.4. The molecule has 2 aliphatic rings. The molecule has 2 atom stereocenters. The van der Waals surface area contributed by atoms with Gasteiger partial charge in [-0.15, -0.1) is 0 Å². The predicted molar refractivity (Wildman–Crippen MR) is 105 cm³/mol. The van der Waals surface area contributed by atoms with Crippen molar-refractivity contribution in [1.29, 1.82) is 0 Å². The van der Waals surface area contributed by atoms with Crippen LogP contribution in [0.1, 0.15) is 24.1 Å². The average Bonchev–Trinajstić information content (AvgIpc) is 2.84. The third kappa shape index (κ3) is 2.64. The number of nitrogens with zero attached hydrogens (tertiary/aromatic N) is 2. The number of nitrogens with two attached hydrogens (primary N) is 1. The number of benzene rings is 2. The number of hydrogen-bond donors (Lipinski definition) is 2. The second-order valence-electron chi connectivity index (χ2n) is 6.22. The Morgan fingerprint density at radius 2 is 1.96 bits per heavy atom. The molecule has 0 saturated heterocycles. The van der Waals surface area contributed by atoms with Crippen LogP contribution in [0.25, 0.3) is 0 Å². The molecule has 0 spiro atoms. The minimum absolute atomic E-state index is 0.149. The van der Waals surface area contributed by atoms with Crippen LogP contribution in [0.3, 0.4) is 0 Å². The Kier molecular flexibility index (Phi) is 4.13. The molecule has 0 aromatic heterocycles. The zero-order valence-corrected chi connectivity index (χ0v) is 15.4. The highest BCUT2D eigenvalue weighted by Gasteiger charge is 2.36. The number of amides is 1. The van der Waals surface area contributed by atoms with Crippen LogP contribution in [-0.4, -0.2) is 18.3 Å². The zero-order valence-electron chi connectivity index (χ0n) is 13.9. The minimum Gasteiger partial charge on any atom is -0.364 e. The van der Waals surface area contributed by atoms with E-state index in [1.54, 1.807) is 6.21 Å². The van der Waals surface area contributed by atoms with Crippen LogP contribution in [0.2, 0.25) is 10.0 Å². The Hall–Kier alpha value is -2.50. The highest BCUT2D eigenvalue weighted by atomic mass is 35.5. The maximum Gasteiger partial charge on any atom is 0.267 e. The largest absolute Gasteiger partial charge is 0.364 e. The maximum absolute atomic E-state index is 11.9. The second-order valence-corrected chi connectivity index (χ2v) is 7.06. The topological polar surface area (TPSA) is 70.7 Å². The Bertz CT molecular complexity index is 970. The maximum atomic E-state index is 11.9. The van der Waals surface area contributed by atoms with Crippen LogP contribution in [0.15, 0.2) is 58.9 Å². The van der Waals surface area contributed by atoms with E-state index in [0.29, 0.717) is 21.4 Å². The number of anilines is 1.